The van der Waals surface area contributed by atoms with Gasteiger partial charge < -0.3 is 4.74 Å². The molecule has 0 heterocycles. The number of halogens is 2. The highest BCUT2D eigenvalue weighted by atomic mass is 35.5. The summed E-state index contributed by atoms with van der Waals surface area (Å²) in [4.78, 5) is 11.1. The third kappa shape index (κ3) is 3.40. The van der Waals surface area contributed by atoms with Crippen LogP contribution in [0.4, 0.5) is 0 Å². The molecule has 1 rings (SSSR count). The summed E-state index contributed by atoms with van der Waals surface area (Å²) >= 11 is 11.7. The van der Waals surface area contributed by atoms with E-state index in [0.29, 0.717) is 16.5 Å². The van der Waals surface area contributed by atoms with E-state index in [1.54, 1.807) is 12.1 Å². The molecule has 15 heavy (non-hydrogen) atoms. The number of hydrogen-bond donors (Lipinski definition) is 0. The Labute approximate surface area is 99.1 Å². The van der Waals surface area contributed by atoms with Gasteiger partial charge in [0.1, 0.15) is 0 Å². The Balaban J connectivity index is 2.78. The summed E-state index contributed by atoms with van der Waals surface area (Å²) in [5, 5.41) is 1.02. The maximum Gasteiger partial charge on any atom is 0.306 e. The monoisotopic (exact) mass is 246 g/mol. The van der Waals surface area contributed by atoms with Gasteiger partial charge in [0.05, 0.1) is 23.6 Å². The van der Waals surface area contributed by atoms with Crippen LogP contribution in [0.5, 0.6) is 0 Å². The van der Waals surface area contributed by atoms with Crippen LogP contribution >= 0.6 is 23.2 Å². The van der Waals surface area contributed by atoms with Crippen molar-refractivity contribution in [2.24, 2.45) is 0 Å². The summed E-state index contributed by atoms with van der Waals surface area (Å²) in [5.41, 5.74) is 0.981. The smallest absolute Gasteiger partial charge is 0.306 e. The van der Waals surface area contributed by atoms with Crippen LogP contribution in [0.25, 0.3) is 0 Å². The van der Waals surface area contributed by atoms with Crippen molar-refractivity contribution in [3.8, 4) is 0 Å². The van der Waals surface area contributed by atoms with Crippen LogP contribution in [0.1, 0.15) is 24.8 Å². The largest absolute Gasteiger partial charge is 0.469 e. The standard InChI is InChI=1S/C11H12Cl2O2/c1-7(5-11(14)15-2)8-3-4-9(12)10(13)6-8/h3-4,6-7H,5H2,1-2H3. The Morgan fingerprint density at radius 1 is 1.40 bits per heavy atom. The molecule has 0 N–H and O–H groups in total. The van der Waals surface area contributed by atoms with Gasteiger partial charge in [-0.3, -0.25) is 4.79 Å². The number of carbonyl (C=O) groups excluding carboxylic acids is 1. The third-order valence-electron chi connectivity index (χ3n) is 2.21. The van der Waals surface area contributed by atoms with Crippen LogP contribution < -0.4 is 0 Å². The third-order valence-corrected chi connectivity index (χ3v) is 2.95. The molecule has 0 aromatic heterocycles. The fourth-order valence-electron chi connectivity index (χ4n) is 1.27. The number of carbonyl (C=O) groups is 1. The molecular weight excluding hydrogens is 235 g/mol. The molecule has 1 atom stereocenters. The Morgan fingerprint density at radius 3 is 2.60 bits per heavy atom. The van der Waals surface area contributed by atoms with E-state index < -0.39 is 0 Å². The number of rotatable bonds is 3. The Bertz CT molecular complexity index is 364. The molecule has 0 radical (unpaired) electrons. The molecule has 0 aliphatic carbocycles. The first-order chi connectivity index (χ1) is 7.04. The zero-order valence-electron chi connectivity index (χ0n) is 8.59. The summed E-state index contributed by atoms with van der Waals surface area (Å²) in [6.07, 6.45) is 0.342. The second-order valence-corrected chi connectivity index (χ2v) is 4.17. The lowest BCUT2D eigenvalue weighted by Gasteiger charge is -2.11. The van der Waals surface area contributed by atoms with Gasteiger partial charge in [0, 0.05) is 0 Å². The zero-order chi connectivity index (χ0) is 11.4. The van der Waals surface area contributed by atoms with Gasteiger partial charge in [0.15, 0.2) is 0 Å². The predicted octanol–water partition coefficient (Wildman–Crippen LogP) is 3.66. The highest BCUT2D eigenvalue weighted by Gasteiger charge is 2.12. The Kier molecular flexibility index (Phi) is 4.43. The van der Waals surface area contributed by atoms with Crippen molar-refractivity contribution >= 4 is 29.2 Å². The lowest BCUT2D eigenvalue weighted by atomic mass is 9.98. The van der Waals surface area contributed by atoms with E-state index in [2.05, 4.69) is 4.74 Å². The first-order valence-corrected chi connectivity index (χ1v) is 5.32. The zero-order valence-corrected chi connectivity index (χ0v) is 10.1. The van der Waals surface area contributed by atoms with Crippen molar-refractivity contribution in [3.63, 3.8) is 0 Å². The van der Waals surface area contributed by atoms with Crippen LogP contribution in [0.3, 0.4) is 0 Å². The highest BCUT2D eigenvalue weighted by molar-refractivity contribution is 6.42. The van der Waals surface area contributed by atoms with E-state index in [9.17, 15) is 4.79 Å². The summed E-state index contributed by atoms with van der Waals surface area (Å²) in [6.45, 7) is 1.94. The molecule has 0 saturated heterocycles. The van der Waals surface area contributed by atoms with E-state index in [-0.39, 0.29) is 11.9 Å². The SMILES string of the molecule is COC(=O)CC(C)c1ccc(Cl)c(Cl)c1. The summed E-state index contributed by atoms with van der Waals surface area (Å²) in [6, 6.07) is 5.37. The molecule has 4 heteroatoms. The fraction of sp³-hybridized carbons (Fsp3) is 0.364. The van der Waals surface area contributed by atoms with Gasteiger partial charge in [-0.1, -0.05) is 36.2 Å². The quantitative estimate of drug-likeness (QED) is 0.762. The summed E-state index contributed by atoms with van der Waals surface area (Å²) in [5.74, 6) is -0.152. The molecule has 0 fully saturated rings. The molecule has 1 unspecified atom stereocenters. The predicted molar refractivity (Wildman–Crippen MR) is 61.5 cm³/mol. The number of methoxy groups -OCH3 is 1. The van der Waals surface area contributed by atoms with Gasteiger partial charge in [0.2, 0.25) is 0 Å². The first kappa shape index (κ1) is 12.3. The molecule has 82 valence electrons. The van der Waals surface area contributed by atoms with Crippen molar-refractivity contribution in [3.05, 3.63) is 33.8 Å². The van der Waals surface area contributed by atoms with Crippen molar-refractivity contribution in [2.75, 3.05) is 7.11 Å². The molecule has 0 spiro atoms. The number of esters is 1. The lowest BCUT2D eigenvalue weighted by molar-refractivity contribution is -0.140. The van der Waals surface area contributed by atoms with E-state index in [1.165, 1.54) is 7.11 Å². The van der Waals surface area contributed by atoms with Crippen LogP contribution in [0.15, 0.2) is 18.2 Å². The molecule has 0 amide bonds. The molecule has 1 aromatic rings. The first-order valence-electron chi connectivity index (χ1n) is 4.56. The van der Waals surface area contributed by atoms with Gasteiger partial charge in [-0.2, -0.15) is 0 Å². The van der Waals surface area contributed by atoms with Crippen LogP contribution in [-0.2, 0) is 9.53 Å². The van der Waals surface area contributed by atoms with E-state index in [0.717, 1.165) is 5.56 Å². The number of benzene rings is 1. The molecule has 2 nitrogen and oxygen atoms in total. The molecule has 0 saturated carbocycles. The van der Waals surface area contributed by atoms with Gasteiger partial charge in [0.25, 0.3) is 0 Å². The molecule has 0 aliphatic heterocycles. The molecule has 0 aliphatic rings. The average Bonchev–Trinajstić information content (AvgIpc) is 2.21. The summed E-state index contributed by atoms with van der Waals surface area (Å²) in [7, 11) is 1.38. The lowest BCUT2D eigenvalue weighted by Crippen LogP contribution is -2.05. The fourth-order valence-corrected chi connectivity index (χ4v) is 1.58. The highest BCUT2D eigenvalue weighted by Crippen LogP contribution is 2.27. The Morgan fingerprint density at radius 2 is 2.07 bits per heavy atom. The number of ether oxygens (including phenoxy) is 1. The topological polar surface area (TPSA) is 26.3 Å². The minimum Gasteiger partial charge on any atom is -0.469 e. The molecule has 0 bridgehead atoms. The minimum atomic E-state index is -0.228. The Hall–Kier alpha value is -0.730. The van der Waals surface area contributed by atoms with E-state index in [4.69, 9.17) is 23.2 Å². The maximum absolute atomic E-state index is 11.1. The van der Waals surface area contributed by atoms with Gasteiger partial charge >= 0.3 is 5.97 Å². The van der Waals surface area contributed by atoms with Crippen LogP contribution in [0.2, 0.25) is 10.0 Å². The van der Waals surface area contributed by atoms with Gasteiger partial charge in [-0.15, -0.1) is 0 Å². The minimum absolute atomic E-state index is 0.0761. The molecular formula is C11H12Cl2O2. The normalized spacial score (nSPS) is 12.3. The second kappa shape index (κ2) is 5.38. The average molecular weight is 247 g/mol. The van der Waals surface area contributed by atoms with E-state index >= 15 is 0 Å². The maximum atomic E-state index is 11.1. The van der Waals surface area contributed by atoms with Crippen molar-refractivity contribution in [1.82, 2.24) is 0 Å². The van der Waals surface area contributed by atoms with Crippen molar-refractivity contribution in [2.45, 2.75) is 19.3 Å². The number of hydrogen-bond acceptors (Lipinski definition) is 2. The van der Waals surface area contributed by atoms with Gasteiger partial charge in [-0.25, -0.2) is 0 Å². The molecule has 1 aromatic carbocycles. The van der Waals surface area contributed by atoms with Crippen molar-refractivity contribution in [1.29, 1.82) is 0 Å². The van der Waals surface area contributed by atoms with Crippen LogP contribution in [0, 0.1) is 0 Å². The summed E-state index contributed by atoms with van der Waals surface area (Å²) < 4.78 is 4.60. The van der Waals surface area contributed by atoms with E-state index in [1.807, 2.05) is 13.0 Å². The van der Waals surface area contributed by atoms with Crippen molar-refractivity contribution < 1.29 is 9.53 Å². The van der Waals surface area contributed by atoms with Crippen LogP contribution in [-0.4, -0.2) is 13.1 Å². The van der Waals surface area contributed by atoms with Gasteiger partial charge in [-0.05, 0) is 23.6 Å². The second-order valence-electron chi connectivity index (χ2n) is 3.35.